The Labute approximate surface area is 201 Å². The molecule has 1 aromatic carbocycles. The number of rotatable bonds is 4. The maximum atomic E-state index is 13.2. The van der Waals surface area contributed by atoms with Crippen LogP contribution in [-0.4, -0.2) is 50.6 Å². The van der Waals surface area contributed by atoms with Gasteiger partial charge < -0.3 is 19.5 Å². The highest BCUT2D eigenvalue weighted by atomic mass is 32.1. The number of fused-ring (bicyclic) bond motifs is 4. The van der Waals surface area contributed by atoms with Crippen LogP contribution >= 0.6 is 11.3 Å². The fourth-order valence-electron chi connectivity index (χ4n) is 5.03. The van der Waals surface area contributed by atoms with Gasteiger partial charge in [0.2, 0.25) is 5.91 Å². The van der Waals surface area contributed by atoms with Crippen molar-refractivity contribution in [1.82, 2.24) is 24.5 Å². The Morgan fingerprint density at radius 2 is 2.09 bits per heavy atom. The van der Waals surface area contributed by atoms with Gasteiger partial charge in [-0.3, -0.25) is 4.79 Å². The van der Waals surface area contributed by atoms with E-state index in [0.717, 1.165) is 84.0 Å². The number of nitrogens with zero attached hydrogens (tertiary/aromatic N) is 6. The topological polar surface area (TPSA) is 98.1 Å². The summed E-state index contributed by atoms with van der Waals surface area (Å²) in [6.45, 7) is 2.43. The Morgan fingerprint density at radius 1 is 1.15 bits per heavy atom. The number of aryl methyl sites for hydroxylation is 2. The Bertz CT molecular complexity index is 1360. The Hall–Kier alpha value is -3.27. The highest BCUT2D eigenvalue weighted by Crippen LogP contribution is 2.32. The number of hydrogen-bond acceptors (Lipinski definition) is 8. The van der Waals surface area contributed by atoms with Crippen molar-refractivity contribution < 1.29 is 9.53 Å². The van der Waals surface area contributed by atoms with Gasteiger partial charge in [-0.05, 0) is 43.9 Å². The summed E-state index contributed by atoms with van der Waals surface area (Å²) in [4.78, 5) is 34.0. The maximum Gasteiger partial charge on any atom is 0.231 e. The number of anilines is 2. The Kier molecular flexibility index (Phi) is 5.52. The molecule has 1 amide bonds. The molecule has 9 nitrogen and oxygen atoms in total. The van der Waals surface area contributed by atoms with Crippen LogP contribution in [0.3, 0.4) is 0 Å². The molecule has 34 heavy (non-hydrogen) atoms. The standard InChI is InChI=1S/C24H27N7O2S/c1-33-16-8-9-17-18(12-16)34-24(27-17)29-23(32)15-6-5-10-30(13-15)21-20-22(26-14-25-21)31-11-4-2-3-7-19(31)28-20/h8-9,12,14-15H,2-7,10-11,13H2,1H3,(H,27,29,32). The highest BCUT2D eigenvalue weighted by Gasteiger charge is 2.29. The van der Waals surface area contributed by atoms with Gasteiger partial charge in [0, 0.05) is 26.1 Å². The molecule has 0 bridgehead atoms. The minimum Gasteiger partial charge on any atom is -0.497 e. The average Bonchev–Trinajstić information content (AvgIpc) is 3.35. The Morgan fingerprint density at radius 3 is 3.00 bits per heavy atom. The first-order chi connectivity index (χ1) is 16.7. The molecule has 2 aliphatic rings. The predicted octanol–water partition coefficient (Wildman–Crippen LogP) is 4.03. The molecule has 1 unspecified atom stereocenters. The summed E-state index contributed by atoms with van der Waals surface area (Å²) in [5, 5.41) is 3.66. The van der Waals surface area contributed by atoms with Crippen LogP contribution in [0, 0.1) is 5.92 Å². The number of aromatic nitrogens is 5. The lowest BCUT2D eigenvalue weighted by molar-refractivity contribution is -0.120. The van der Waals surface area contributed by atoms with Crippen molar-refractivity contribution in [3.8, 4) is 5.75 Å². The smallest absolute Gasteiger partial charge is 0.231 e. The van der Waals surface area contributed by atoms with Crippen LogP contribution < -0.4 is 15.0 Å². The number of hydrogen-bond donors (Lipinski definition) is 1. The number of thiazole rings is 1. The molecule has 3 aromatic heterocycles. The lowest BCUT2D eigenvalue weighted by atomic mass is 9.97. The maximum absolute atomic E-state index is 13.2. The van der Waals surface area contributed by atoms with Crippen molar-refractivity contribution in [2.75, 3.05) is 30.4 Å². The number of piperidine rings is 1. The highest BCUT2D eigenvalue weighted by molar-refractivity contribution is 7.22. The van der Waals surface area contributed by atoms with E-state index in [1.807, 2.05) is 18.2 Å². The first kappa shape index (κ1) is 21.3. The average molecular weight is 478 g/mol. The molecule has 176 valence electrons. The molecule has 5 heterocycles. The van der Waals surface area contributed by atoms with Gasteiger partial charge in [-0.25, -0.2) is 19.9 Å². The molecular weight excluding hydrogens is 450 g/mol. The lowest BCUT2D eigenvalue weighted by Crippen LogP contribution is -2.41. The SMILES string of the molecule is COc1ccc2nc(NC(=O)C3CCCN(c4ncnc5c4nc4n5CCCCC4)C3)sc2c1. The molecular formula is C24H27N7O2S. The Balaban J connectivity index is 1.22. The van der Waals surface area contributed by atoms with E-state index in [1.165, 1.54) is 17.8 Å². The van der Waals surface area contributed by atoms with Gasteiger partial charge in [-0.2, -0.15) is 0 Å². The van der Waals surface area contributed by atoms with E-state index in [4.69, 9.17) is 9.72 Å². The van der Waals surface area contributed by atoms with Gasteiger partial charge in [0.15, 0.2) is 22.1 Å². The zero-order chi connectivity index (χ0) is 23.1. The normalized spacial score (nSPS) is 18.6. The van der Waals surface area contributed by atoms with Gasteiger partial charge in [0.25, 0.3) is 0 Å². The lowest BCUT2D eigenvalue weighted by Gasteiger charge is -2.32. The van der Waals surface area contributed by atoms with Crippen LogP contribution in [-0.2, 0) is 17.8 Å². The predicted molar refractivity (Wildman–Crippen MR) is 133 cm³/mol. The summed E-state index contributed by atoms with van der Waals surface area (Å²) in [6, 6.07) is 5.73. The minimum absolute atomic E-state index is 0.00152. The van der Waals surface area contributed by atoms with Gasteiger partial charge in [-0.15, -0.1) is 0 Å². The van der Waals surface area contributed by atoms with E-state index >= 15 is 0 Å². The van der Waals surface area contributed by atoms with E-state index in [2.05, 4.69) is 29.7 Å². The third-order valence-corrected chi connectivity index (χ3v) is 7.72. The van der Waals surface area contributed by atoms with Crippen LogP contribution in [0.2, 0.25) is 0 Å². The van der Waals surface area contributed by atoms with Crippen LogP contribution in [0.15, 0.2) is 24.5 Å². The first-order valence-electron chi connectivity index (χ1n) is 11.9. The third kappa shape index (κ3) is 3.85. The number of benzene rings is 1. The molecule has 0 spiro atoms. The molecule has 1 atom stereocenters. The van der Waals surface area contributed by atoms with Crippen LogP contribution in [0.4, 0.5) is 10.9 Å². The second kappa shape index (κ2) is 8.83. The van der Waals surface area contributed by atoms with Gasteiger partial charge in [0.05, 0.1) is 23.2 Å². The van der Waals surface area contributed by atoms with Gasteiger partial charge in [-0.1, -0.05) is 17.8 Å². The quantitative estimate of drug-likeness (QED) is 0.474. The summed E-state index contributed by atoms with van der Waals surface area (Å²) in [5.41, 5.74) is 2.63. The van der Waals surface area contributed by atoms with Crippen LogP contribution in [0.25, 0.3) is 21.4 Å². The number of carbonyl (C=O) groups excluding carboxylic acids is 1. The number of ether oxygens (including phenoxy) is 1. The molecule has 1 saturated heterocycles. The number of carbonyl (C=O) groups is 1. The van der Waals surface area contributed by atoms with Crippen molar-refractivity contribution >= 4 is 49.6 Å². The zero-order valence-corrected chi connectivity index (χ0v) is 20.0. The summed E-state index contributed by atoms with van der Waals surface area (Å²) in [6.07, 6.45) is 7.93. The molecule has 10 heteroatoms. The molecule has 0 aliphatic carbocycles. The van der Waals surface area contributed by atoms with Crippen molar-refractivity contribution in [3.63, 3.8) is 0 Å². The number of methoxy groups -OCH3 is 1. The van der Waals surface area contributed by atoms with Crippen LogP contribution in [0.1, 0.15) is 37.9 Å². The van der Waals surface area contributed by atoms with E-state index in [-0.39, 0.29) is 11.8 Å². The fraction of sp³-hybridized carbons (Fsp3) is 0.458. The van der Waals surface area contributed by atoms with Crippen molar-refractivity contribution in [3.05, 3.63) is 30.4 Å². The minimum atomic E-state index is -0.138. The molecule has 1 N–H and O–H groups in total. The zero-order valence-electron chi connectivity index (χ0n) is 19.2. The largest absolute Gasteiger partial charge is 0.497 e. The van der Waals surface area contributed by atoms with E-state index in [9.17, 15) is 4.79 Å². The third-order valence-electron chi connectivity index (χ3n) is 6.79. The summed E-state index contributed by atoms with van der Waals surface area (Å²) >= 11 is 1.47. The number of nitrogens with one attached hydrogen (secondary N) is 1. The summed E-state index contributed by atoms with van der Waals surface area (Å²) in [7, 11) is 1.64. The fourth-order valence-corrected chi connectivity index (χ4v) is 5.93. The molecule has 4 aromatic rings. The second-order valence-electron chi connectivity index (χ2n) is 8.99. The first-order valence-corrected chi connectivity index (χ1v) is 12.7. The van der Waals surface area contributed by atoms with E-state index in [0.29, 0.717) is 11.7 Å². The molecule has 0 radical (unpaired) electrons. The van der Waals surface area contributed by atoms with Gasteiger partial charge in [0.1, 0.15) is 17.9 Å². The molecule has 1 fully saturated rings. The monoisotopic (exact) mass is 477 g/mol. The van der Waals surface area contributed by atoms with Crippen molar-refractivity contribution in [2.24, 2.45) is 5.92 Å². The van der Waals surface area contributed by atoms with Gasteiger partial charge >= 0.3 is 0 Å². The van der Waals surface area contributed by atoms with Crippen molar-refractivity contribution in [1.29, 1.82) is 0 Å². The summed E-state index contributed by atoms with van der Waals surface area (Å²) in [5.74, 6) is 2.59. The molecule has 2 aliphatic heterocycles. The van der Waals surface area contributed by atoms with Crippen LogP contribution in [0.5, 0.6) is 5.75 Å². The van der Waals surface area contributed by atoms with E-state index < -0.39 is 0 Å². The molecule has 6 rings (SSSR count). The van der Waals surface area contributed by atoms with E-state index in [1.54, 1.807) is 13.4 Å². The number of amides is 1. The molecule has 0 saturated carbocycles. The second-order valence-corrected chi connectivity index (χ2v) is 10.0. The number of imidazole rings is 1. The van der Waals surface area contributed by atoms with Crippen molar-refractivity contribution in [2.45, 2.75) is 45.1 Å². The summed E-state index contributed by atoms with van der Waals surface area (Å²) < 4.78 is 8.54.